The van der Waals surface area contributed by atoms with Crippen molar-refractivity contribution < 1.29 is 16.8 Å². The summed E-state index contributed by atoms with van der Waals surface area (Å²) in [5.74, 6) is -0.542. The molecule has 1 aromatic carbocycles. The Balaban J connectivity index is 1.50. The van der Waals surface area contributed by atoms with Crippen LogP contribution in [0.1, 0.15) is 5.56 Å². The van der Waals surface area contributed by atoms with E-state index >= 15 is 0 Å². The molecule has 0 radical (unpaired) electrons. The first kappa shape index (κ1) is 19.9. The second-order valence-electron chi connectivity index (χ2n) is 6.89. The average Bonchev–Trinajstić information content (AvgIpc) is 3.33. The highest BCUT2D eigenvalue weighted by Gasteiger charge is 2.46. The third-order valence-corrected chi connectivity index (χ3v) is 10.9. The van der Waals surface area contributed by atoms with Crippen LogP contribution < -0.4 is 5.32 Å². The second kappa shape index (κ2) is 7.46. The van der Waals surface area contributed by atoms with Crippen LogP contribution in [-0.2, 0) is 26.1 Å². The highest BCUT2D eigenvalue weighted by molar-refractivity contribution is 7.97. The van der Waals surface area contributed by atoms with Gasteiger partial charge in [-0.15, -0.1) is 11.3 Å². The number of benzene rings is 1. The number of nitrogens with one attached hydrogen (secondary N) is 2. The number of fused-ring (bicyclic) bond motifs is 1. The molecule has 2 atom stereocenters. The zero-order valence-corrected chi connectivity index (χ0v) is 18.0. The van der Waals surface area contributed by atoms with Crippen molar-refractivity contribution in [3.63, 3.8) is 0 Å². The lowest BCUT2D eigenvalue weighted by atomic mass is 10.1. The smallest absolute Gasteiger partial charge is 0.193 e. The van der Waals surface area contributed by atoms with Gasteiger partial charge in [0.25, 0.3) is 0 Å². The number of rotatable bonds is 6. The molecule has 1 saturated heterocycles. The second-order valence-corrected chi connectivity index (χ2v) is 13.2. The zero-order chi connectivity index (χ0) is 19.9. The molecule has 10 heteroatoms. The Morgan fingerprint density at radius 3 is 2.71 bits per heavy atom. The van der Waals surface area contributed by atoms with Gasteiger partial charge in [0.1, 0.15) is 4.21 Å². The molecule has 28 heavy (non-hydrogen) atoms. The maximum atomic E-state index is 13.0. The van der Waals surface area contributed by atoms with Crippen LogP contribution in [0.5, 0.6) is 0 Å². The number of aromatic nitrogens is 1. The quantitative estimate of drug-likeness (QED) is 0.592. The molecule has 4 rings (SSSR count). The summed E-state index contributed by atoms with van der Waals surface area (Å²) >= 11 is 6.83. The van der Waals surface area contributed by atoms with Gasteiger partial charge in [-0.2, -0.15) is 0 Å². The van der Waals surface area contributed by atoms with E-state index in [0.717, 1.165) is 27.8 Å². The van der Waals surface area contributed by atoms with Crippen molar-refractivity contribution in [1.29, 1.82) is 0 Å². The summed E-state index contributed by atoms with van der Waals surface area (Å²) in [7, 11) is -7.19. The summed E-state index contributed by atoms with van der Waals surface area (Å²) in [5.41, 5.74) is 2.14. The molecule has 2 N–H and O–H groups in total. The van der Waals surface area contributed by atoms with E-state index in [4.69, 9.17) is 11.6 Å². The van der Waals surface area contributed by atoms with Crippen molar-refractivity contribution in [2.24, 2.45) is 0 Å². The first-order chi connectivity index (χ1) is 13.3. The standard InChI is InChI=1S/C18H19ClN2O4S3/c19-17-5-6-18(26-17)28(24,25)16-11-27(22,23)10-15(16)20-8-7-12-9-21-14-4-2-1-3-13(12)14/h1-6,9,15-16,20-21H,7-8,10-11H2/t15-,16-/m0/s1. The predicted molar refractivity (Wildman–Crippen MR) is 113 cm³/mol. The molecule has 3 heterocycles. The number of para-hydroxylation sites is 1. The Morgan fingerprint density at radius 2 is 1.96 bits per heavy atom. The van der Waals surface area contributed by atoms with Crippen molar-refractivity contribution in [3.05, 3.63) is 52.5 Å². The lowest BCUT2D eigenvalue weighted by Crippen LogP contribution is -2.43. The predicted octanol–water partition coefficient (Wildman–Crippen LogP) is 2.65. The number of halogens is 1. The molecule has 3 aromatic rings. The van der Waals surface area contributed by atoms with Crippen molar-refractivity contribution in [1.82, 2.24) is 10.3 Å². The molecule has 2 aromatic heterocycles. The SMILES string of the molecule is O=S1(=O)C[C@H](NCCc2c[nH]c3ccccc23)[C@@H](S(=O)(=O)c2ccc(Cl)s2)C1. The molecular formula is C18H19ClN2O4S3. The third kappa shape index (κ3) is 3.86. The number of H-pyrrole nitrogens is 1. The Morgan fingerprint density at radius 1 is 1.18 bits per heavy atom. The van der Waals surface area contributed by atoms with Crippen molar-refractivity contribution in [3.8, 4) is 0 Å². The van der Waals surface area contributed by atoms with Gasteiger partial charge in [-0.3, -0.25) is 0 Å². The summed E-state index contributed by atoms with van der Waals surface area (Å²) in [4.78, 5) is 3.21. The Kier molecular flexibility index (Phi) is 5.30. The molecule has 1 aliphatic heterocycles. The number of hydrogen-bond acceptors (Lipinski definition) is 6. The van der Waals surface area contributed by atoms with Crippen LogP contribution in [0.15, 0.2) is 46.8 Å². The van der Waals surface area contributed by atoms with Crippen molar-refractivity contribution in [2.45, 2.75) is 21.9 Å². The molecule has 0 spiro atoms. The molecule has 1 aliphatic rings. The van der Waals surface area contributed by atoms with Crippen LogP contribution in [0.2, 0.25) is 4.34 Å². The van der Waals surface area contributed by atoms with Gasteiger partial charge in [-0.1, -0.05) is 29.8 Å². The van der Waals surface area contributed by atoms with E-state index in [0.29, 0.717) is 17.3 Å². The van der Waals surface area contributed by atoms with Crippen molar-refractivity contribution in [2.75, 3.05) is 18.1 Å². The minimum atomic E-state index is -3.77. The largest absolute Gasteiger partial charge is 0.361 e. The molecule has 0 aliphatic carbocycles. The van der Waals surface area contributed by atoms with E-state index in [2.05, 4.69) is 10.3 Å². The maximum absolute atomic E-state index is 13.0. The lowest BCUT2D eigenvalue weighted by molar-refractivity contribution is 0.530. The Bertz CT molecular complexity index is 1210. The number of aromatic amines is 1. The fourth-order valence-corrected chi connectivity index (χ4v) is 10.1. The van der Waals surface area contributed by atoms with Gasteiger partial charge < -0.3 is 10.3 Å². The Hall–Kier alpha value is -1.39. The fraction of sp³-hybridized carbons (Fsp3) is 0.333. The lowest BCUT2D eigenvalue weighted by Gasteiger charge is -2.19. The van der Waals surface area contributed by atoms with Crippen LogP contribution in [0.3, 0.4) is 0 Å². The molecule has 0 bridgehead atoms. The average molecular weight is 459 g/mol. The number of hydrogen-bond donors (Lipinski definition) is 2. The van der Waals surface area contributed by atoms with E-state index in [9.17, 15) is 16.8 Å². The van der Waals surface area contributed by atoms with Crippen LogP contribution in [0.4, 0.5) is 0 Å². The first-order valence-corrected chi connectivity index (χ1v) is 13.3. The number of thiophene rings is 1. The number of sulfone groups is 2. The van der Waals surface area contributed by atoms with Gasteiger partial charge in [-0.25, -0.2) is 16.8 Å². The minimum absolute atomic E-state index is 0.114. The highest BCUT2D eigenvalue weighted by atomic mass is 35.5. The van der Waals surface area contributed by atoms with Crippen LogP contribution >= 0.6 is 22.9 Å². The molecule has 0 unspecified atom stereocenters. The van der Waals surface area contributed by atoms with Gasteiger partial charge >= 0.3 is 0 Å². The molecule has 1 fully saturated rings. The molecule has 6 nitrogen and oxygen atoms in total. The molecular weight excluding hydrogens is 440 g/mol. The zero-order valence-electron chi connectivity index (χ0n) is 14.8. The van der Waals surface area contributed by atoms with Crippen LogP contribution in [0.25, 0.3) is 10.9 Å². The summed E-state index contributed by atoms with van der Waals surface area (Å²) in [6.07, 6.45) is 2.60. The first-order valence-electron chi connectivity index (χ1n) is 8.74. The summed E-state index contributed by atoms with van der Waals surface area (Å²) in [5, 5.41) is 3.28. The summed E-state index contributed by atoms with van der Waals surface area (Å²) in [6.45, 7) is 0.485. The van der Waals surface area contributed by atoms with Crippen molar-refractivity contribution >= 4 is 53.5 Å². The summed E-state index contributed by atoms with van der Waals surface area (Å²) < 4.78 is 50.7. The van der Waals surface area contributed by atoms with Crippen LogP contribution in [-0.4, -0.2) is 51.2 Å². The van der Waals surface area contributed by atoms with E-state index in [1.807, 2.05) is 30.5 Å². The van der Waals surface area contributed by atoms with E-state index < -0.39 is 31.0 Å². The monoisotopic (exact) mass is 458 g/mol. The van der Waals surface area contributed by atoms with E-state index in [1.54, 1.807) is 0 Å². The third-order valence-electron chi connectivity index (χ3n) is 5.00. The maximum Gasteiger partial charge on any atom is 0.193 e. The molecule has 0 saturated carbocycles. The van der Waals surface area contributed by atoms with Gasteiger partial charge in [0.15, 0.2) is 19.7 Å². The van der Waals surface area contributed by atoms with Gasteiger partial charge in [0, 0.05) is 23.1 Å². The fourth-order valence-electron chi connectivity index (χ4n) is 3.64. The topological polar surface area (TPSA) is 96.1 Å². The van der Waals surface area contributed by atoms with Gasteiger partial charge in [0.2, 0.25) is 0 Å². The van der Waals surface area contributed by atoms with Gasteiger partial charge in [-0.05, 0) is 36.7 Å². The normalized spacial score (nSPS) is 22.0. The van der Waals surface area contributed by atoms with Crippen LogP contribution in [0, 0.1) is 0 Å². The van der Waals surface area contributed by atoms with E-state index in [1.165, 1.54) is 12.1 Å². The molecule has 0 amide bonds. The summed E-state index contributed by atoms with van der Waals surface area (Å²) in [6, 6.07) is 10.3. The Labute approximate surface area is 172 Å². The van der Waals surface area contributed by atoms with E-state index in [-0.39, 0.29) is 15.7 Å². The van der Waals surface area contributed by atoms with Gasteiger partial charge in [0.05, 0.1) is 21.1 Å². The minimum Gasteiger partial charge on any atom is -0.361 e. The highest BCUT2D eigenvalue weighted by Crippen LogP contribution is 2.32. The molecule has 150 valence electrons.